The van der Waals surface area contributed by atoms with Gasteiger partial charge in [0.2, 0.25) is 0 Å². The van der Waals surface area contributed by atoms with Crippen molar-refractivity contribution < 1.29 is 22.7 Å². The maximum atomic E-state index is 12.7. The third-order valence-corrected chi connectivity index (χ3v) is 7.50. The normalized spacial score (nSPS) is 22.5. The van der Waals surface area contributed by atoms with E-state index in [0.717, 1.165) is 12.3 Å². The lowest BCUT2D eigenvalue weighted by Gasteiger charge is -2.22. The Bertz CT molecular complexity index is 1040. The maximum absolute atomic E-state index is 12.7. The van der Waals surface area contributed by atoms with Crippen LogP contribution in [0.2, 0.25) is 0 Å². The Hall–Kier alpha value is -2.74. The number of carbonyl (C=O) groups is 1. The van der Waals surface area contributed by atoms with E-state index in [9.17, 15) is 13.2 Å². The van der Waals surface area contributed by atoms with Gasteiger partial charge in [0.15, 0.2) is 11.5 Å². The molecule has 7 nitrogen and oxygen atoms in total. The van der Waals surface area contributed by atoms with Crippen LogP contribution >= 0.6 is 0 Å². The SMILES string of the molecule is COc1ccc(S(=O)(=O)Nc2ccc(C(=O)N[C@H]3C[C@H]4CC[C@@H]3C4)cc2)cc1OC. The average Bonchev–Trinajstić information content (AvgIpc) is 3.36. The van der Waals surface area contributed by atoms with Gasteiger partial charge in [0.1, 0.15) is 0 Å². The number of fused-ring (bicyclic) bond motifs is 2. The summed E-state index contributed by atoms with van der Waals surface area (Å²) in [6, 6.07) is 11.1. The van der Waals surface area contributed by atoms with Gasteiger partial charge in [-0.15, -0.1) is 0 Å². The van der Waals surface area contributed by atoms with Crippen LogP contribution in [-0.4, -0.2) is 34.6 Å². The molecule has 4 rings (SSSR count). The maximum Gasteiger partial charge on any atom is 0.262 e. The van der Waals surface area contributed by atoms with Crippen molar-refractivity contribution in [3.63, 3.8) is 0 Å². The van der Waals surface area contributed by atoms with Crippen LogP contribution in [0.25, 0.3) is 0 Å². The predicted octanol–water partition coefficient (Wildman–Crippen LogP) is 3.42. The minimum absolute atomic E-state index is 0.0539. The molecule has 30 heavy (non-hydrogen) atoms. The van der Waals surface area contributed by atoms with Gasteiger partial charge >= 0.3 is 0 Å². The monoisotopic (exact) mass is 430 g/mol. The Morgan fingerprint density at radius 2 is 1.70 bits per heavy atom. The van der Waals surface area contributed by atoms with Crippen LogP contribution in [0.15, 0.2) is 47.4 Å². The van der Waals surface area contributed by atoms with Crippen LogP contribution < -0.4 is 19.5 Å². The summed E-state index contributed by atoms with van der Waals surface area (Å²) in [5.74, 6) is 2.03. The number of benzene rings is 2. The molecule has 2 aromatic carbocycles. The molecule has 2 aliphatic carbocycles. The lowest BCUT2D eigenvalue weighted by molar-refractivity contribution is 0.0923. The second kappa shape index (κ2) is 8.18. The highest BCUT2D eigenvalue weighted by Gasteiger charge is 2.40. The van der Waals surface area contributed by atoms with Crippen LogP contribution in [-0.2, 0) is 10.0 Å². The Morgan fingerprint density at radius 3 is 2.30 bits per heavy atom. The van der Waals surface area contributed by atoms with Crippen LogP contribution in [0, 0.1) is 11.8 Å². The Balaban J connectivity index is 1.43. The third kappa shape index (κ3) is 4.09. The molecule has 2 N–H and O–H groups in total. The first-order valence-electron chi connectivity index (χ1n) is 10.1. The number of carbonyl (C=O) groups excluding carboxylic acids is 1. The first kappa shape index (κ1) is 20.5. The number of rotatable bonds is 7. The molecule has 0 aromatic heterocycles. The van der Waals surface area contributed by atoms with Gasteiger partial charge in [-0.1, -0.05) is 6.42 Å². The first-order valence-corrected chi connectivity index (χ1v) is 11.5. The highest BCUT2D eigenvalue weighted by molar-refractivity contribution is 7.92. The number of methoxy groups -OCH3 is 2. The fourth-order valence-corrected chi connectivity index (χ4v) is 5.63. The summed E-state index contributed by atoms with van der Waals surface area (Å²) in [7, 11) is -0.883. The zero-order valence-electron chi connectivity index (χ0n) is 17.1. The van der Waals surface area contributed by atoms with Crippen molar-refractivity contribution in [2.45, 2.75) is 36.6 Å². The first-order chi connectivity index (χ1) is 14.4. The van der Waals surface area contributed by atoms with Gasteiger partial charge in [-0.2, -0.15) is 0 Å². The van der Waals surface area contributed by atoms with E-state index in [1.807, 2.05) is 0 Å². The highest BCUT2D eigenvalue weighted by Crippen LogP contribution is 2.44. The van der Waals surface area contributed by atoms with Gasteiger partial charge in [-0.05, 0) is 67.5 Å². The zero-order chi connectivity index (χ0) is 21.3. The lowest BCUT2D eigenvalue weighted by Crippen LogP contribution is -2.38. The Kier molecular flexibility index (Phi) is 5.60. The fraction of sp³-hybridized carbons (Fsp3) is 0.409. The molecule has 2 aliphatic rings. The summed E-state index contributed by atoms with van der Waals surface area (Å²) < 4.78 is 38.3. The molecule has 1 amide bonds. The molecule has 2 aromatic rings. The molecule has 2 bridgehead atoms. The summed E-state index contributed by atoms with van der Waals surface area (Å²) >= 11 is 0. The van der Waals surface area contributed by atoms with E-state index in [-0.39, 0.29) is 16.8 Å². The molecule has 0 heterocycles. The quantitative estimate of drug-likeness (QED) is 0.702. The van der Waals surface area contributed by atoms with Crippen LogP contribution in [0.1, 0.15) is 36.0 Å². The second-order valence-electron chi connectivity index (χ2n) is 7.95. The number of anilines is 1. The molecule has 0 radical (unpaired) electrons. The average molecular weight is 431 g/mol. The van der Waals surface area contributed by atoms with Crippen molar-refractivity contribution in [1.82, 2.24) is 5.32 Å². The van der Waals surface area contributed by atoms with Gasteiger partial charge in [-0.25, -0.2) is 8.42 Å². The number of hydrogen-bond acceptors (Lipinski definition) is 5. The van der Waals surface area contributed by atoms with E-state index in [0.29, 0.717) is 28.7 Å². The summed E-state index contributed by atoms with van der Waals surface area (Å²) in [5, 5.41) is 3.14. The molecule has 0 aliphatic heterocycles. The third-order valence-electron chi connectivity index (χ3n) is 6.12. The summed E-state index contributed by atoms with van der Waals surface area (Å²) in [6.45, 7) is 0. The van der Waals surface area contributed by atoms with E-state index < -0.39 is 10.0 Å². The summed E-state index contributed by atoms with van der Waals surface area (Å²) in [4.78, 5) is 12.6. The zero-order valence-corrected chi connectivity index (χ0v) is 17.9. The standard InChI is InChI=1S/C22H26N2O5S/c1-28-20-10-9-18(13-21(20)29-2)30(26,27)24-17-7-5-15(6-8-17)22(25)23-19-12-14-3-4-16(19)11-14/h5-10,13-14,16,19,24H,3-4,11-12H2,1-2H3,(H,23,25)/t14-,16+,19-/m0/s1. The summed E-state index contributed by atoms with van der Waals surface area (Å²) in [5.41, 5.74) is 0.896. The molecule has 2 saturated carbocycles. The molecule has 0 unspecified atom stereocenters. The topological polar surface area (TPSA) is 93.7 Å². The lowest BCUT2D eigenvalue weighted by atomic mass is 9.95. The van der Waals surface area contributed by atoms with E-state index in [4.69, 9.17) is 9.47 Å². The number of nitrogens with one attached hydrogen (secondary N) is 2. The van der Waals surface area contributed by atoms with Gasteiger partial charge < -0.3 is 14.8 Å². The van der Waals surface area contributed by atoms with Crippen LogP contribution in [0.3, 0.4) is 0 Å². The van der Waals surface area contributed by atoms with Crippen LogP contribution in [0.5, 0.6) is 11.5 Å². The Morgan fingerprint density at radius 1 is 0.967 bits per heavy atom. The van der Waals surface area contributed by atoms with Crippen molar-refractivity contribution in [3.8, 4) is 11.5 Å². The van der Waals surface area contributed by atoms with Gasteiger partial charge in [0.25, 0.3) is 15.9 Å². The van der Waals surface area contributed by atoms with Crippen molar-refractivity contribution in [2.75, 3.05) is 18.9 Å². The van der Waals surface area contributed by atoms with Crippen molar-refractivity contribution in [3.05, 3.63) is 48.0 Å². The van der Waals surface area contributed by atoms with Crippen molar-refractivity contribution in [2.24, 2.45) is 11.8 Å². The molecule has 2 fully saturated rings. The number of hydrogen-bond donors (Lipinski definition) is 2. The van der Waals surface area contributed by atoms with Crippen LogP contribution in [0.4, 0.5) is 5.69 Å². The highest BCUT2D eigenvalue weighted by atomic mass is 32.2. The van der Waals surface area contributed by atoms with Crippen molar-refractivity contribution >= 4 is 21.6 Å². The predicted molar refractivity (Wildman–Crippen MR) is 113 cm³/mol. The Labute approximate surface area is 176 Å². The number of amides is 1. The molecular formula is C22H26N2O5S. The minimum Gasteiger partial charge on any atom is -0.493 e. The van der Waals surface area contributed by atoms with Gasteiger partial charge in [0.05, 0.1) is 19.1 Å². The van der Waals surface area contributed by atoms with E-state index in [1.165, 1.54) is 51.7 Å². The van der Waals surface area contributed by atoms with E-state index >= 15 is 0 Å². The van der Waals surface area contributed by atoms with E-state index in [1.54, 1.807) is 24.3 Å². The molecule has 0 saturated heterocycles. The molecule has 160 valence electrons. The molecular weight excluding hydrogens is 404 g/mol. The largest absolute Gasteiger partial charge is 0.493 e. The fourth-order valence-electron chi connectivity index (χ4n) is 4.56. The molecule has 0 spiro atoms. The molecule has 8 heteroatoms. The number of sulfonamides is 1. The smallest absolute Gasteiger partial charge is 0.262 e. The van der Waals surface area contributed by atoms with Gasteiger partial charge in [0, 0.05) is 23.4 Å². The molecule has 3 atom stereocenters. The van der Waals surface area contributed by atoms with Crippen molar-refractivity contribution in [1.29, 1.82) is 0 Å². The number of ether oxygens (including phenoxy) is 2. The second-order valence-corrected chi connectivity index (χ2v) is 9.64. The van der Waals surface area contributed by atoms with Gasteiger partial charge in [-0.3, -0.25) is 9.52 Å². The van der Waals surface area contributed by atoms with E-state index in [2.05, 4.69) is 10.0 Å². The minimum atomic E-state index is -3.81. The summed E-state index contributed by atoms with van der Waals surface area (Å²) in [6.07, 6.45) is 4.78.